The molecule has 5 heteroatoms. The van der Waals surface area contributed by atoms with Gasteiger partial charge in [0.25, 0.3) is 0 Å². The van der Waals surface area contributed by atoms with Crippen molar-refractivity contribution >= 4 is 17.3 Å². The van der Waals surface area contributed by atoms with E-state index >= 15 is 0 Å². The normalized spacial score (nSPS) is 14.9. The average molecular weight is 282 g/mol. The summed E-state index contributed by atoms with van der Waals surface area (Å²) < 4.78 is 0. The second-order valence-corrected chi connectivity index (χ2v) is 5.28. The minimum absolute atomic E-state index is 0.0729. The van der Waals surface area contributed by atoms with Crippen LogP contribution in [0.2, 0.25) is 0 Å². The van der Waals surface area contributed by atoms with Crippen molar-refractivity contribution in [2.24, 2.45) is 10.9 Å². The number of fused-ring (bicyclic) bond motifs is 1. The van der Waals surface area contributed by atoms with E-state index in [0.29, 0.717) is 5.56 Å². The number of hydrogen-bond acceptors (Lipinski definition) is 4. The van der Waals surface area contributed by atoms with Crippen LogP contribution in [0.1, 0.15) is 23.1 Å². The third-order valence-electron chi connectivity index (χ3n) is 3.78. The van der Waals surface area contributed by atoms with Crippen molar-refractivity contribution in [2.75, 3.05) is 11.4 Å². The molecule has 0 atom stereocenters. The minimum Gasteiger partial charge on any atom is -0.409 e. The van der Waals surface area contributed by atoms with Crippen molar-refractivity contribution in [2.45, 2.75) is 19.8 Å². The van der Waals surface area contributed by atoms with Gasteiger partial charge in [0.15, 0.2) is 5.84 Å². The Balaban J connectivity index is 1.95. The van der Waals surface area contributed by atoms with E-state index in [1.807, 2.05) is 12.1 Å². The predicted octanol–water partition coefficient (Wildman–Crippen LogP) is 2.57. The molecule has 2 heterocycles. The van der Waals surface area contributed by atoms with E-state index in [1.165, 1.54) is 16.8 Å². The number of benzene rings is 1. The summed E-state index contributed by atoms with van der Waals surface area (Å²) >= 11 is 0. The van der Waals surface area contributed by atoms with E-state index in [-0.39, 0.29) is 5.84 Å². The molecule has 2 aromatic rings. The molecule has 0 amide bonds. The molecular weight excluding hydrogens is 264 g/mol. The molecule has 0 saturated carbocycles. The maximum absolute atomic E-state index is 8.69. The Kier molecular flexibility index (Phi) is 3.48. The molecule has 5 nitrogen and oxygen atoms in total. The smallest absolute Gasteiger partial charge is 0.171 e. The lowest BCUT2D eigenvalue weighted by Gasteiger charge is -2.30. The SMILES string of the molecule is Cc1ccc2c(c1)CCCN2c1ccc(/C(N)=N/O)cn1. The number of oxime groups is 1. The number of rotatable bonds is 2. The summed E-state index contributed by atoms with van der Waals surface area (Å²) in [5.74, 6) is 0.956. The monoisotopic (exact) mass is 282 g/mol. The van der Waals surface area contributed by atoms with Gasteiger partial charge < -0.3 is 15.8 Å². The fraction of sp³-hybridized carbons (Fsp3) is 0.250. The fourth-order valence-electron chi connectivity index (χ4n) is 2.72. The highest BCUT2D eigenvalue weighted by atomic mass is 16.4. The zero-order chi connectivity index (χ0) is 14.8. The molecule has 0 spiro atoms. The number of nitrogens with two attached hydrogens (primary N) is 1. The van der Waals surface area contributed by atoms with Crippen LogP contribution in [-0.2, 0) is 6.42 Å². The number of anilines is 2. The Bertz CT molecular complexity index is 679. The highest BCUT2D eigenvalue weighted by molar-refractivity contribution is 5.96. The van der Waals surface area contributed by atoms with Gasteiger partial charge in [0.05, 0.1) is 0 Å². The highest BCUT2D eigenvalue weighted by Crippen LogP contribution is 2.32. The van der Waals surface area contributed by atoms with Crippen LogP contribution in [0.4, 0.5) is 11.5 Å². The van der Waals surface area contributed by atoms with Gasteiger partial charge in [-0.25, -0.2) is 4.98 Å². The van der Waals surface area contributed by atoms with Gasteiger partial charge in [-0.05, 0) is 43.5 Å². The molecule has 0 radical (unpaired) electrons. The summed E-state index contributed by atoms with van der Waals surface area (Å²) in [4.78, 5) is 6.66. The van der Waals surface area contributed by atoms with E-state index in [0.717, 1.165) is 25.2 Å². The van der Waals surface area contributed by atoms with E-state index < -0.39 is 0 Å². The maximum atomic E-state index is 8.69. The van der Waals surface area contributed by atoms with Crippen LogP contribution in [0, 0.1) is 6.92 Å². The summed E-state index contributed by atoms with van der Waals surface area (Å²) in [5.41, 5.74) is 10.0. The molecule has 1 aliphatic rings. The first-order chi connectivity index (χ1) is 10.2. The maximum Gasteiger partial charge on any atom is 0.171 e. The van der Waals surface area contributed by atoms with Crippen molar-refractivity contribution in [1.29, 1.82) is 0 Å². The molecular formula is C16H18N4O. The quantitative estimate of drug-likeness (QED) is 0.384. The van der Waals surface area contributed by atoms with Crippen LogP contribution < -0.4 is 10.6 Å². The summed E-state index contributed by atoms with van der Waals surface area (Å²) in [6, 6.07) is 10.2. The van der Waals surface area contributed by atoms with Crippen LogP contribution in [0.15, 0.2) is 41.7 Å². The number of hydrogen-bond donors (Lipinski definition) is 2. The number of aryl methyl sites for hydroxylation is 2. The first kappa shape index (κ1) is 13.4. The van der Waals surface area contributed by atoms with Crippen LogP contribution in [-0.4, -0.2) is 22.6 Å². The Morgan fingerprint density at radius 2 is 2.19 bits per heavy atom. The molecule has 0 unspecified atom stereocenters. The molecule has 1 aliphatic heterocycles. The Hall–Kier alpha value is -2.56. The van der Waals surface area contributed by atoms with Crippen LogP contribution >= 0.6 is 0 Å². The lowest BCUT2D eigenvalue weighted by atomic mass is 9.99. The molecule has 0 bridgehead atoms. The molecule has 0 saturated heterocycles. The van der Waals surface area contributed by atoms with E-state index in [4.69, 9.17) is 10.9 Å². The van der Waals surface area contributed by atoms with Gasteiger partial charge in [-0.3, -0.25) is 0 Å². The van der Waals surface area contributed by atoms with Gasteiger partial charge in [-0.2, -0.15) is 0 Å². The molecule has 108 valence electrons. The average Bonchev–Trinajstić information content (AvgIpc) is 2.53. The van der Waals surface area contributed by atoms with Gasteiger partial charge in [-0.1, -0.05) is 22.9 Å². The molecule has 3 rings (SSSR count). The molecule has 0 aliphatic carbocycles. The molecule has 1 aromatic carbocycles. The van der Waals surface area contributed by atoms with Crippen LogP contribution in [0.25, 0.3) is 0 Å². The van der Waals surface area contributed by atoms with Crippen molar-refractivity contribution < 1.29 is 5.21 Å². The van der Waals surface area contributed by atoms with Crippen molar-refractivity contribution in [3.05, 3.63) is 53.2 Å². The predicted molar refractivity (Wildman–Crippen MR) is 83.3 cm³/mol. The lowest BCUT2D eigenvalue weighted by molar-refractivity contribution is 0.318. The Morgan fingerprint density at radius 1 is 1.33 bits per heavy atom. The van der Waals surface area contributed by atoms with Crippen LogP contribution in [0.5, 0.6) is 0 Å². The van der Waals surface area contributed by atoms with Crippen molar-refractivity contribution in [3.63, 3.8) is 0 Å². The number of aromatic nitrogens is 1. The molecule has 3 N–H and O–H groups in total. The molecule has 0 fully saturated rings. The molecule has 1 aromatic heterocycles. The van der Waals surface area contributed by atoms with E-state index in [9.17, 15) is 0 Å². The van der Waals surface area contributed by atoms with Crippen molar-refractivity contribution in [3.8, 4) is 0 Å². The Labute approximate surface area is 123 Å². The summed E-state index contributed by atoms with van der Waals surface area (Å²) in [7, 11) is 0. The number of amidine groups is 1. The van der Waals surface area contributed by atoms with Crippen LogP contribution in [0.3, 0.4) is 0 Å². The summed E-state index contributed by atoms with van der Waals surface area (Å²) in [6.07, 6.45) is 3.85. The summed E-state index contributed by atoms with van der Waals surface area (Å²) in [5, 5.41) is 11.7. The van der Waals surface area contributed by atoms with E-state index in [2.05, 4.69) is 40.2 Å². The highest BCUT2D eigenvalue weighted by Gasteiger charge is 2.19. The Morgan fingerprint density at radius 3 is 2.90 bits per heavy atom. The third-order valence-corrected chi connectivity index (χ3v) is 3.78. The number of nitrogens with zero attached hydrogens (tertiary/aromatic N) is 3. The van der Waals surface area contributed by atoms with Gasteiger partial charge in [0, 0.05) is 24.0 Å². The van der Waals surface area contributed by atoms with E-state index in [1.54, 1.807) is 6.20 Å². The largest absolute Gasteiger partial charge is 0.409 e. The van der Waals surface area contributed by atoms with Gasteiger partial charge in [0.2, 0.25) is 0 Å². The third kappa shape index (κ3) is 2.54. The fourth-order valence-corrected chi connectivity index (χ4v) is 2.72. The topological polar surface area (TPSA) is 74.7 Å². The summed E-state index contributed by atoms with van der Waals surface area (Å²) in [6.45, 7) is 3.06. The minimum atomic E-state index is 0.0729. The number of pyridine rings is 1. The van der Waals surface area contributed by atoms with Gasteiger partial charge in [-0.15, -0.1) is 0 Å². The van der Waals surface area contributed by atoms with Crippen molar-refractivity contribution in [1.82, 2.24) is 4.98 Å². The first-order valence-corrected chi connectivity index (χ1v) is 7.00. The second-order valence-electron chi connectivity index (χ2n) is 5.28. The van der Waals surface area contributed by atoms with Gasteiger partial charge in [0.1, 0.15) is 5.82 Å². The second kappa shape index (κ2) is 5.44. The first-order valence-electron chi connectivity index (χ1n) is 7.00. The zero-order valence-electron chi connectivity index (χ0n) is 12.0. The zero-order valence-corrected chi connectivity index (χ0v) is 12.0. The standard InChI is InChI=1S/C16H18N4O/c1-11-4-6-14-12(9-11)3-2-8-20(14)15-7-5-13(10-18-15)16(17)19-21/h4-7,9-10,21H,2-3,8H2,1H3,(H2,17,19). The molecule has 21 heavy (non-hydrogen) atoms. The van der Waals surface area contributed by atoms with Gasteiger partial charge >= 0.3 is 0 Å². The lowest BCUT2D eigenvalue weighted by Crippen LogP contribution is -2.25.